The average molecular weight is 401 g/mol. The van der Waals surface area contributed by atoms with E-state index in [2.05, 4.69) is 20.6 Å². The summed E-state index contributed by atoms with van der Waals surface area (Å²) in [4.78, 5) is 16.9. The zero-order valence-corrected chi connectivity index (χ0v) is 17.2. The van der Waals surface area contributed by atoms with Crippen LogP contribution in [0.3, 0.4) is 0 Å². The Labute approximate surface area is 174 Å². The molecule has 1 N–H and O–H groups in total. The number of hydrogen-bond acceptors (Lipinski definition) is 5. The highest BCUT2D eigenvalue weighted by Gasteiger charge is 2.13. The number of amides is 1. The highest BCUT2D eigenvalue weighted by atomic mass is 16.5. The molecule has 0 unspecified atom stereocenters. The normalized spacial score (nSPS) is 10.9. The van der Waals surface area contributed by atoms with E-state index in [1.54, 1.807) is 0 Å². The Bertz CT molecular complexity index is 1170. The lowest BCUT2D eigenvalue weighted by Crippen LogP contribution is -2.15. The highest BCUT2D eigenvalue weighted by Crippen LogP contribution is 2.22. The quantitative estimate of drug-likeness (QED) is 0.517. The van der Waals surface area contributed by atoms with Crippen molar-refractivity contribution in [2.24, 2.45) is 0 Å². The lowest BCUT2D eigenvalue weighted by Gasteiger charge is -2.12. The molecule has 4 aromatic rings. The Kier molecular flexibility index (Phi) is 5.43. The Morgan fingerprint density at radius 3 is 2.57 bits per heavy atom. The van der Waals surface area contributed by atoms with E-state index in [4.69, 9.17) is 4.52 Å². The Morgan fingerprint density at radius 1 is 1.07 bits per heavy atom. The SMILES string of the molecule is Cc1ccc(-c2noc(CCC(=O)Nc3ccccc3-n3nc(C)cc3C)n2)cc1. The van der Waals surface area contributed by atoms with Crippen molar-refractivity contribution < 1.29 is 9.32 Å². The lowest BCUT2D eigenvalue weighted by atomic mass is 10.1. The molecule has 2 aromatic heterocycles. The van der Waals surface area contributed by atoms with Crippen LogP contribution < -0.4 is 5.32 Å². The second kappa shape index (κ2) is 8.32. The molecule has 4 rings (SSSR count). The molecule has 0 saturated heterocycles. The number of anilines is 1. The summed E-state index contributed by atoms with van der Waals surface area (Å²) in [6.07, 6.45) is 0.605. The van der Waals surface area contributed by atoms with Crippen molar-refractivity contribution in [3.63, 3.8) is 0 Å². The van der Waals surface area contributed by atoms with Crippen LogP contribution in [0.15, 0.2) is 59.1 Å². The summed E-state index contributed by atoms with van der Waals surface area (Å²) >= 11 is 0. The first kappa shape index (κ1) is 19.6. The summed E-state index contributed by atoms with van der Waals surface area (Å²) in [7, 11) is 0. The summed E-state index contributed by atoms with van der Waals surface area (Å²) in [5.74, 6) is 0.840. The smallest absolute Gasteiger partial charge is 0.227 e. The first-order valence-electron chi connectivity index (χ1n) is 9.82. The Morgan fingerprint density at radius 2 is 1.83 bits per heavy atom. The third kappa shape index (κ3) is 4.30. The van der Waals surface area contributed by atoms with Gasteiger partial charge in [0.25, 0.3) is 0 Å². The fourth-order valence-corrected chi connectivity index (χ4v) is 3.25. The molecule has 7 heteroatoms. The molecule has 30 heavy (non-hydrogen) atoms. The molecular weight excluding hydrogens is 378 g/mol. The maximum Gasteiger partial charge on any atom is 0.227 e. The summed E-state index contributed by atoms with van der Waals surface area (Å²) in [6.45, 7) is 5.96. The number of rotatable bonds is 6. The number of benzene rings is 2. The van der Waals surface area contributed by atoms with Crippen LogP contribution in [0.2, 0.25) is 0 Å². The monoisotopic (exact) mass is 401 g/mol. The zero-order valence-electron chi connectivity index (χ0n) is 17.2. The van der Waals surface area contributed by atoms with E-state index in [9.17, 15) is 4.79 Å². The molecule has 152 valence electrons. The molecule has 0 saturated carbocycles. The fourth-order valence-electron chi connectivity index (χ4n) is 3.25. The van der Waals surface area contributed by atoms with Crippen molar-refractivity contribution in [1.29, 1.82) is 0 Å². The van der Waals surface area contributed by atoms with Crippen molar-refractivity contribution in [3.8, 4) is 17.1 Å². The molecule has 2 aromatic carbocycles. The minimum absolute atomic E-state index is 0.126. The van der Waals surface area contributed by atoms with E-state index < -0.39 is 0 Å². The van der Waals surface area contributed by atoms with Gasteiger partial charge in [-0.15, -0.1) is 0 Å². The van der Waals surface area contributed by atoms with Crippen LogP contribution in [0.25, 0.3) is 17.1 Å². The van der Waals surface area contributed by atoms with Gasteiger partial charge in [-0.1, -0.05) is 47.1 Å². The fraction of sp³-hybridized carbons (Fsp3) is 0.217. The van der Waals surface area contributed by atoms with Gasteiger partial charge in [0.15, 0.2) is 0 Å². The summed E-state index contributed by atoms with van der Waals surface area (Å²) in [5, 5.41) is 11.5. The zero-order chi connectivity index (χ0) is 21.1. The lowest BCUT2D eigenvalue weighted by molar-refractivity contribution is -0.116. The predicted octanol–water partition coefficient (Wildman–Crippen LogP) is 4.42. The van der Waals surface area contributed by atoms with Gasteiger partial charge in [0.05, 0.1) is 17.1 Å². The molecule has 0 bridgehead atoms. The molecule has 0 aliphatic carbocycles. The summed E-state index contributed by atoms with van der Waals surface area (Å²) < 4.78 is 7.14. The Hall–Kier alpha value is -3.74. The van der Waals surface area contributed by atoms with Crippen LogP contribution >= 0.6 is 0 Å². The van der Waals surface area contributed by atoms with Gasteiger partial charge >= 0.3 is 0 Å². The first-order valence-corrected chi connectivity index (χ1v) is 9.82. The molecule has 2 heterocycles. The number of para-hydroxylation sites is 2. The molecule has 0 spiro atoms. The minimum atomic E-state index is -0.126. The van der Waals surface area contributed by atoms with Crippen LogP contribution in [0.4, 0.5) is 5.69 Å². The molecule has 7 nitrogen and oxygen atoms in total. The maximum absolute atomic E-state index is 12.5. The van der Waals surface area contributed by atoms with E-state index in [-0.39, 0.29) is 12.3 Å². The van der Waals surface area contributed by atoms with Crippen LogP contribution in [0.1, 0.15) is 29.3 Å². The van der Waals surface area contributed by atoms with Gasteiger partial charge in [-0.05, 0) is 39.0 Å². The molecular formula is C23H23N5O2. The van der Waals surface area contributed by atoms with Gasteiger partial charge < -0.3 is 9.84 Å². The number of carbonyl (C=O) groups is 1. The number of aromatic nitrogens is 4. The highest BCUT2D eigenvalue weighted by molar-refractivity contribution is 5.92. The van der Waals surface area contributed by atoms with Crippen molar-refractivity contribution in [3.05, 3.63) is 77.4 Å². The van der Waals surface area contributed by atoms with E-state index in [0.29, 0.717) is 23.8 Å². The van der Waals surface area contributed by atoms with Crippen molar-refractivity contribution in [2.45, 2.75) is 33.6 Å². The molecule has 0 fully saturated rings. The third-order valence-corrected chi connectivity index (χ3v) is 4.76. The van der Waals surface area contributed by atoms with E-state index in [0.717, 1.165) is 22.6 Å². The van der Waals surface area contributed by atoms with Crippen molar-refractivity contribution in [2.75, 3.05) is 5.32 Å². The van der Waals surface area contributed by atoms with Crippen LogP contribution in [-0.4, -0.2) is 25.8 Å². The Balaban J connectivity index is 1.42. The van der Waals surface area contributed by atoms with Crippen LogP contribution in [0.5, 0.6) is 0 Å². The average Bonchev–Trinajstić information content (AvgIpc) is 3.33. The van der Waals surface area contributed by atoms with Crippen molar-refractivity contribution in [1.82, 2.24) is 19.9 Å². The van der Waals surface area contributed by atoms with Gasteiger partial charge in [0.2, 0.25) is 17.6 Å². The summed E-state index contributed by atoms with van der Waals surface area (Å²) in [5.41, 5.74) is 5.52. The number of nitrogens with one attached hydrogen (secondary N) is 1. The molecule has 0 atom stereocenters. The first-order chi connectivity index (χ1) is 14.5. The van der Waals surface area contributed by atoms with Gasteiger partial charge in [-0.2, -0.15) is 10.1 Å². The van der Waals surface area contributed by atoms with Gasteiger partial charge in [0, 0.05) is 24.1 Å². The topological polar surface area (TPSA) is 85.8 Å². The second-order valence-corrected chi connectivity index (χ2v) is 7.28. The summed E-state index contributed by atoms with van der Waals surface area (Å²) in [6, 6.07) is 17.5. The van der Waals surface area contributed by atoms with Crippen LogP contribution in [-0.2, 0) is 11.2 Å². The van der Waals surface area contributed by atoms with Crippen molar-refractivity contribution >= 4 is 11.6 Å². The minimum Gasteiger partial charge on any atom is -0.339 e. The maximum atomic E-state index is 12.5. The molecule has 0 aliphatic heterocycles. The number of aryl methyl sites for hydroxylation is 4. The second-order valence-electron chi connectivity index (χ2n) is 7.28. The number of carbonyl (C=O) groups excluding carboxylic acids is 1. The standard InChI is InChI=1S/C23H23N5O2/c1-15-8-10-18(11-9-15)23-25-22(30-27-23)13-12-21(29)24-19-6-4-5-7-20(19)28-17(3)14-16(2)26-28/h4-11,14H,12-13H2,1-3H3,(H,24,29). The van der Waals surface area contributed by atoms with E-state index in [1.807, 2.05) is 80.1 Å². The van der Waals surface area contributed by atoms with Gasteiger partial charge in [-0.3, -0.25) is 4.79 Å². The molecule has 0 aliphatic rings. The van der Waals surface area contributed by atoms with E-state index >= 15 is 0 Å². The molecule has 1 amide bonds. The predicted molar refractivity (Wildman–Crippen MR) is 114 cm³/mol. The van der Waals surface area contributed by atoms with Gasteiger partial charge in [-0.25, -0.2) is 4.68 Å². The number of nitrogens with zero attached hydrogens (tertiary/aromatic N) is 4. The molecule has 0 radical (unpaired) electrons. The van der Waals surface area contributed by atoms with Crippen LogP contribution in [0, 0.1) is 20.8 Å². The third-order valence-electron chi connectivity index (χ3n) is 4.76. The van der Waals surface area contributed by atoms with Gasteiger partial charge in [0.1, 0.15) is 0 Å². The van der Waals surface area contributed by atoms with E-state index in [1.165, 1.54) is 5.56 Å². The largest absolute Gasteiger partial charge is 0.339 e. The number of hydrogen-bond donors (Lipinski definition) is 1.